The maximum Gasteiger partial charge on any atom is 0.345 e. The summed E-state index contributed by atoms with van der Waals surface area (Å²) in [7, 11) is 0. The van der Waals surface area contributed by atoms with Crippen LogP contribution in [0.2, 0.25) is 0 Å². The lowest BCUT2D eigenvalue weighted by molar-refractivity contribution is -0.380. The summed E-state index contributed by atoms with van der Waals surface area (Å²) in [4.78, 5) is 25.7. The molecule has 1 aromatic rings. The van der Waals surface area contributed by atoms with Crippen LogP contribution in [0.4, 0.5) is 14.9 Å². The average molecular weight is 230 g/mol. The summed E-state index contributed by atoms with van der Waals surface area (Å²) in [6, 6.07) is -0.508. The Morgan fingerprint density at radius 2 is 2.53 bits per heavy atom. The molecule has 0 aromatic carbocycles. The zero-order valence-corrected chi connectivity index (χ0v) is 8.10. The van der Waals surface area contributed by atoms with E-state index in [9.17, 15) is 20.0 Å². The van der Waals surface area contributed by atoms with Crippen molar-refractivity contribution in [1.82, 2.24) is 10.3 Å². The molecule has 0 spiro atoms. The van der Waals surface area contributed by atoms with E-state index in [1.807, 2.05) is 0 Å². The van der Waals surface area contributed by atoms with Crippen molar-refractivity contribution in [2.24, 2.45) is 0 Å². The SMILES string of the molecule is O=C1NCC(O)N1c1ncc([N+](=O)[O-])s1. The van der Waals surface area contributed by atoms with Crippen LogP contribution in [0.25, 0.3) is 0 Å². The molecule has 0 aliphatic carbocycles. The van der Waals surface area contributed by atoms with Gasteiger partial charge in [0.25, 0.3) is 0 Å². The predicted molar refractivity (Wildman–Crippen MR) is 50.7 cm³/mol. The third kappa shape index (κ3) is 1.62. The normalized spacial score (nSPS) is 20.5. The Balaban J connectivity index is 2.29. The third-order valence-corrected chi connectivity index (χ3v) is 2.77. The molecule has 2 amide bonds. The number of amides is 2. The van der Waals surface area contributed by atoms with Crippen LogP contribution in [-0.2, 0) is 0 Å². The van der Waals surface area contributed by atoms with Crippen LogP contribution in [0, 0.1) is 10.1 Å². The van der Waals surface area contributed by atoms with Gasteiger partial charge in [-0.3, -0.25) is 10.1 Å². The number of aliphatic hydroxyl groups is 1. The van der Waals surface area contributed by atoms with E-state index in [4.69, 9.17) is 0 Å². The van der Waals surface area contributed by atoms with Crippen LogP contribution in [0.3, 0.4) is 0 Å². The zero-order valence-electron chi connectivity index (χ0n) is 7.28. The second-order valence-electron chi connectivity index (χ2n) is 2.77. The smallest absolute Gasteiger partial charge is 0.345 e. The Morgan fingerprint density at radius 1 is 1.80 bits per heavy atom. The highest BCUT2D eigenvalue weighted by Gasteiger charge is 2.33. The van der Waals surface area contributed by atoms with Crippen molar-refractivity contribution in [3.05, 3.63) is 16.3 Å². The van der Waals surface area contributed by atoms with E-state index in [2.05, 4.69) is 10.3 Å². The van der Waals surface area contributed by atoms with E-state index in [-0.39, 0.29) is 16.7 Å². The van der Waals surface area contributed by atoms with Crippen molar-refractivity contribution < 1.29 is 14.8 Å². The molecule has 15 heavy (non-hydrogen) atoms. The average Bonchev–Trinajstić information content (AvgIpc) is 2.73. The fourth-order valence-corrected chi connectivity index (χ4v) is 1.93. The fourth-order valence-electron chi connectivity index (χ4n) is 1.16. The summed E-state index contributed by atoms with van der Waals surface area (Å²) < 4.78 is 0. The summed E-state index contributed by atoms with van der Waals surface area (Å²) in [6.07, 6.45) is 0.0291. The van der Waals surface area contributed by atoms with Crippen LogP contribution in [0.5, 0.6) is 0 Å². The summed E-state index contributed by atoms with van der Waals surface area (Å²) in [5.41, 5.74) is 0. The minimum Gasteiger partial charge on any atom is -0.371 e. The number of nitrogens with zero attached hydrogens (tertiary/aromatic N) is 3. The first-order chi connectivity index (χ1) is 7.09. The van der Waals surface area contributed by atoms with Gasteiger partial charge in [-0.25, -0.2) is 14.7 Å². The van der Waals surface area contributed by atoms with Crippen molar-refractivity contribution >= 4 is 27.5 Å². The molecule has 0 radical (unpaired) electrons. The number of carbonyl (C=O) groups excluding carboxylic acids is 1. The molecule has 1 aliphatic rings. The minimum atomic E-state index is -1.02. The summed E-state index contributed by atoms with van der Waals surface area (Å²) in [6.45, 7) is 0.0895. The van der Waals surface area contributed by atoms with Gasteiger partial charge >= 0.3 is 11.0 Å². The number of rotatable bonds is 2. The van der Waals surface area contributed by atoms with Crippen LogP contribution in [0.15, 0.2) is 6.20 Å². The van der Waals surface area contributed by atoms with Gasteiger partial charge in [0.1, 0.15) is 6.20 Å². The number of anilines is 1. The quantitative estimate of drug-likeness (QED) is 0.544. The molecule has 1 unspecified atom stereocenters. The number of hydrogen-bond donors (Lipinski definition) is 2. The Labute approximate surface area is 87.3 Å². The molecule has 2 rings (SSSR count). The zero-order chi connectivity index (χ0) is 11.0. The van der Waals surface area contributed by atoms with Gasteiger partial charge in [0.05, 0.1) is 11.5 Å². The van der Waals surface area contributed by atoms with Gasteiger partial charge in [-0.15, -0.1) is 0 Å². The molecule has 1 saturated heterocycles. The van der Waals surface area contributed by atoms with Crippen molar-refractivity contribution in [2.45, 2.75) is 6.23 Å². The van der Waals surface area contributed by atoms with E-state index < -0.39 is 17.2 Å². The largest absolute Gasteiger partial charge is 0.371 e. The second kappa shape index (κ2) is 3.44. The van der Waals surface area contributed by atoms with Crippen molar-refractivity contribution in [3.63, 3.8) is 0 Å². The molecular formula is C6H6N4O4S. The minimum absolute atomic E-state index is 0.0895. The molecular weight excluding hydrogens is 224 g/mol. The van der Waals surface area contributed by atoms with Crippen molar-refractivity contribution in [1.29, 1.82) is 0 Å². The maximum absolute atomic E-state index is 11.2. The highest BCUT2D eigenvalue weighted by molar-refractivity contribution is 7.18. The van der Waals surface area contributed by atoms with Crippen LogP contribution in [-0.4, -0.2) is 33.8 Å². The molecule has 1 fully saturated rings. The van der Waals surface area contributed by atoms with E-state index >= 15 is 0 Å². The van der Waals surface area contributed by atoms with Gasteiger partial charge in [-0.2, -0.15) is 0 Å². The van der Waals surface area contributed by atoms with Gasteiger partial charge in [0.15, 0.2) is 6.23 Å². The van der Waals surface area contributed by atoms with Crippen molar-refractivity contribution in [3.8, 4) is 0 Å². The van der Waals surface area contributed by atoms with Gasteiger partial charge in [0.2, 0.25) is 5.13 Å². The Hall–Kier alpha value is -1.74. The van der Waals surface area contributed by atoms with E-state index in [1.165, 1.54) is 0 Å². The van der Waals surface area contributed by atoms with Gasteiger partial charge in [0, 0.05) is 0 Å². The molecule has 8 nitrogen and oxygen atoms in total. The summed E-state index contributed by atoms with van der Waals surface area (Å²) >= 11 is 0.741. The fraction of sp³-hybridized carbons (Fsp3) is 0.333. The summed E-state index contributed by atoms with van der Waals surface area (Å²) in [5, 5.41) is 22.1. The Morgan fingerprint density at radius 3 is 3.00 bits per heavy atom. The lowest BCUT2D eigenvalue weighted by Crippen LogP contribution is -2.33. The van der Waals surface area contributed by atoms with E-state index in [0.29, 0.717) is 0 Å². The monoisotopic (exact) mass is 230 g/mol. The number of β-amino-alcohol motifs (C(OH)–C–C–N with tert-alkyl or cyclic N) is 1. The molecule has 1 atom stereocenters. The van der Waals surface area contributed by atoms with Crippen LogP contribution < -0.4 is 10.2 Å². The predicted octanol–water partition coefficient (Wildman–Crippen LogP) is -0.101. The lowest BCUT2D eigenvalue weighted by Gasteiger charge is -2.13. The molecule has 1 aromatic heterocycles. The van der Waals surface area contributed by atoms with Gasteiger partial charge < -0.3 is 10.4 Å². The van der Waals surface area contributed by atoms with Gasteiger partial charge in [-0.1, -0.05) is 0 Å². The maximum atomic E-state index is 11.2. The molecule has 2 heterocycles. The first kappa shape index (κ1) is 9.80. The Kier molecular flexibility index (Phi) is 2.25. The van der Waals surface area contributed by atoms with Crippen LogP contribution >= 0.6 is 11.3 Å². The highest BCUT2D eigenvalue weighted by atomic mass is 32.1. The topological polar surface area (TPSA) is 109 Å². The molecule has 9 heteroatoms. The van der Waals surface area contributed by atoms with E-state index in [1.54, 1.807) is 0 Å². The second-order valence-corrected chi connectivity index (χ2v) is 3.76. The van der Waals surface area contributed by atoms with Gasteiger partial charge in [-0.05, 0) is 11.3 Å². The van der Waals surface area contributed by atoms with Crippen LogP contribution in [0.1, 0.15) is 0 Å². The number of nitro groups is 1. The van der Waals surface area contributed by atoms with Crippen molar-refractivity contribution in [2.75, 3.05) is 11.4 Å². The number of nitrogens with one attached hydrogen (secondary N) is 1. The molecule has 2 N–H and O–H groups in total. The standard InChI is InChI=1S/C6H6N4O4S/c11-3-1-7-5(12)9(3)6-8-2-4(15-6)10(13)14/h2-3,11H,1H2,(H,7,12). The third-order valence-electron chi connectivity index (χ3n) is 1.82. The molecule has 80 valence electrons. The molecule has 1 aliphatic heterocycles. The Bertz CT molecular complexity index is 419. The summed E-state index contributed by atoms with van der Waals surface area (Å²) in [5.74, 6) is 0. The number of aliphatic hydroxyl groups excluding tert-OH is 1. The molecule has 0 bridgehead atoms. The molecule has 0 saturated carbocycles. The van der Waals surface area contributed by atoms with E-state index in [0.717, 1.165) is 22.4 Å². The number of carbonyl (C=O) groups is 1. The highest BCUT2D eigenvalue weighted by Crippen LogP contribution is 2.30. The number of hydrogen-bond acceptors (Lipinski definition) is 6. The number of aromatic nitrogens is 1. The number of urea groups is 1. The lowest BCUT2D eigenvalue weighted by atomic mass is 10.6. The first-order valence-corrected chi connectivity index (χ1v) is 4.76. The number of thiazole rings is 1. The first-order valence-electron chi connectivity index (χ1n) is 3.95.